The molecule has 0 spiro atoms. The third kappa shape index (κ3) is 7.23. The molecule has 0 aromatic heterocycles. The van der Waals surface area contributed by atoms with Crippen LogP contribution < -0.4 is 10.6 Å². The number of amides is 1. The van der Waals surface area contributed by atoms with E-state index in [4.69, 9.17) is 21.1 Å². The molecule has 2 rings (SSSR count). The van der Waals surface area contributed by atoms with Crippen molar-refractivity contribution in [3.8, 4) is 0 Å². The van der Waals surface area contributed by atoms with Gasteiger partial charge < -0.3 is 20.1 Å². The topological polar surface area (TPSA) is 76.7 Å². The Morgan fingerprint density at radius 2 is 1.86 bits per heavy atom. The average Bonchev–Trinajstić information content (AvgIpc) is 2.61. The van der Waals surface area contributed by atoms with Gasteiger partial charge in [-0.3, -0.25) is 0 Å². The number of rotatable bonds is 6. The molecule has 0 unspecified atom stereocenters. The molecule has 1 aliphatic carbocycles. The number of carbonyl (C=O) groups is 2. The summed E-state index contributed by atoms with van der Waals surface area (Å²) in [5, 5.41) is 6.89. The summed E-state index contributed by atoms with van der Waals surface area (Å²) in [6, 6.07) is 5.26. The molecule has 1 aromatic carbocycles. The summed E-state index contributed by atoms with van der Waals surface area (Å²) in [5.41, 5.74) is 0.739. The van der Waals surface area contributed by atoms with Crippen molar-refractivity contribution >= 4 is 29.4 Å². The minimum atomic E-state index is -0.484. The molecule has 0 bridgehead atoms. The summed E-state index contributed by atoms with van der Waals surface area (Å²) in [7, 11) is 0. The summed E-state index contributed by atoms with van der Waals surface area (Å²) in [6.07, 6.45) is 3.49. The van der Waals surface area contributed by atoms with Gasteiger partial charge in [-0.05, 0) is 77.5 Å². The van der Waals surface area contributed by atoms with Crippen molar-refractivity contribution in [3.05, 3.63) is 28.8 Å². The highest BCUT2D eigenvalue weighted by atomic mass is 35.5. The van der Waals surface area contributed by atoms with Gasteiger partial charge in [-0.25, -0.2) is 9.59 Å². The van der Waals surface area contributed by atoms with Crippen molar-refractivity contribution < 1.29 is 19.1 Å². The van der Waals surface area contributed by atoms with E-state index in [9.17, 15) is 9.59 Å². The Balaban J connectivity index is 1.80. The number of hydrogen-bond acceptors (Lipinski definition) is 5. The Kier molecular flexibility index (Phi) is 7.98. The summed E-state index contributed by atoms with van der Waals surface area (Å²) in [4.78, 5) is 23.8. The minimum absolute atomic E-state index is 0.154. The van der Waals surface area contributed by atoms with Gasteiger partial charge in [-0.15, -0.1) is 0 Å². The third-order valence-electron chi connectivity index (χ3n) is 4.63. The number of carbonyl (C=O) groups excluding carboxylic acids is 2. The molecule has 1 saturated carbocycles. The van der Waals surface area contributed by atoms with Gasteiger partial charge in [0.1, 0.15) is 5.60 Å². The van der Waals surface area contributed by atoms with Crippen LogP contribution in [0.3, 0.4) is 0 Å². The Hall–Kier alpha value is -1.95. The highest BCUT2D eigenvalue weighted by Crippen LogP contribution is 2.28. The molecule has 1 aliphatic rings. The number of hydrogen-bond donors (Lipinski definition) is 2. The first-order valence-corrected chi connectivity index (χ1v) is 10.3. The van der Waals surface area contributed by atoms with Crippen LogP contribution in [0.2, 0.25) is 5.02 Å². The average molecular weight is 411 g/mol. The summed E-state index contributed by atoms with van der Waals surface area (Å²) in [6.45, 7) is 8.46. The number of ether oxygens (including phenoxy) is 2. The molecule has 1 amide bonds. The molecule has 0 saturated heterocycles. The number of halogens is 1. The van der Waals surface area contributed by atoms with Crippen LogP contribution in [0.15, 0.2) is 18.2 Å². The van der Waals surface area contributed by atoms with Gasteiger partial charge in [0, 0.05) is 12.6 Å². The third-order valence-corrected chi connectivity index (χ3v) is 4.96. The number of anilines is 1. The number of alkyl carbamates (subject to hydrolysis) is 1. The van der Waals surface area contributed by atoms with Crippen molar-refractivity contribution in [2.24, 2.45) is 5.92 Å². The molecule has 0 aliphatic heterocycles. The van der Waals surface area contributed by atoms with Gasteiger partial charge in [0.25, 0.3) is 0 Å². The monoisotopic (exact) mass is 410 g/mol. The zero-order valence-electron chi connectivity index (χ0n) is 17.1. The fourth-order valence-corrected chi connectivity index (χ4v) is 3.43. The van der Waals surface area contributed by atoms with E-state index >= 15 is 0 Å². The van der Waals surface area contributed by atoms with E-state index < -0.39 is 5.60 Å². The predicted octanol–water partition coefficient (Wildman–Crippen LogP) is 5.01. The van der Waals surface area contributed by atoms with Gasteiger partial charge in [-0.1, -0.05) is 11.6 Å². The van der Waals surface area contributed by atoms with Crippen LogP contribution in [-0.4, -0.2) is 36.9 Å². The first kappa shape index (κ1) is 22.3. The molecule has 0 heterocycles. The van der Waals surface area contributed by atoms with Crippen LogP contribution in [0.25, 0.3) is 0 Å². The fourth-order valence-electron chi connectivity index (χ4n) is 3.24. The zero-order chi connectivity index (χ0) is 20.7. The largest absolute Gasteiger partial charge is 0.462 e. The van der Waals surface area contributed by atoms with Crippen molar-refractivity contribution in [1.82, 2.24) is 5.32 Å². The van der Waals surface area contributed by atoms with Gasteiger partial charge in [0.15, 0.2) is 0 Å². The normalized spacial score (nSPS) is 19.6. The minimum Gasteiger partial charge on any atom is -0.462 e. The lowest BCUT2D eigenvalue weighted by Gasteiger charge is -2.30. The summed E-state index contributed by atoms with van der Waals surface area (Å²) in [5.74, 6) is 0.134. The Bertz CT molecular complexity index is 679. The van der Waals surface area contributed by atoms with E-state index in [2.05, 4.69) is 10.6 Å². The SMILES string of the molecule is CCOC(=O)c1ccc(Cl)c(NCC2CCC(NC(=O)OC(C)(C)C)CC2)c1. The van der Waals surface area contributed by atoms with Crippen molar-refractivity contribution in [3.63, 3.8) is 0 Å². The predicted molar refractivity (Wildman–Crippen MR) is 111 cm³/mol. The Labute approximate surface area is 172 Å². The van der Waals surface area contributed by atoms with Crippen LogP contribution in [0, 0.1) is 5.92 Å². The maximum Gasteiger partial charge on any atom is 0.407 e. The smallest absolute Gasteiger partial charge is 0.407 e. The second-order valence-electron chi connectivity index (χ2n) is 8.16. The second kappa shape index (κ2) is 10.0. The van der Waals surface area contributed by atoms with E-state index in [0.717, 1.165) is 37.9 Å². The quantitative estimate of drug-likeness (QED) is 0.644. The molecule has 1 aromatic rings. The molecule has 2 N–H and O–H groups in total. The lowest BCUT2D eigenvalue weighted by molar-refractivity contribution is 0.0485. The van der Waals surface area contributed by atoms with E-state index in [1.165, 1.54) is 0 Å². The van der Waals surface area contributed by atoms with Crippen LogP contribution >= 0.6 is 11.6 Å². The molecule has 1 fully saturated rings. The molecular weight excluding hydrogens is 380 g/mol. The van der Waals surface area contributed by atoms with E-state index in [1.54, 1.807) is 25.1 Å². The summed E-state index contributed by atoms with van der Waals surface area (Å²) >= 11 is 6.25. The highest BCUT2D eigenvalue weighted by molar-refractivity contribution is 6.33. The first-order valence-electron chi connectivity index (χ1n) is 9.88. The molecule has 156 valence electrons. The molecule has 0 radical (unpaired) electrons. The van der Waals surface area contributed by atoms with Gasteiger partial charge in [0.05, 0.1) is 22.9 Å². The number of benzene rings is 1. The molecule has 28 heavy (non-hydrogen) atoms. The molecule has 7 heteroatoms. The molecule has 6 nitrogen and oxygen atoms in total. The number of nitrogens with one attached hydrogen (secondary N) is 2. The first-order chi connectivity index (χ1) is 13.2. The van der Waals surface area contributed by atoms with Gasteiger partial charge >= 0.3 is 12.1 Å². The molecular formula is C21H31ClN2O4. The van der Waals surface area contributed by atoms with Crippen LogP contribution in [0.5, 0.6) is 0 Å². The standard InChI is InChI=1S/C21H31ClN2O4/c1-5-27-19(25)15-8-11-17(22)18(12-15)23-13-14-6-9-16(10-7-14)24-20(26)28-21(2,3)4/h8,11-12,14,16,23H,5-7,9-10,13H2,1-4H3,(H,24,26). The van der Waals surface area contributed by atoms with Crippen LogP contribution in [0.1, 0.15) is 63.7 Å². The zero-order valence-corrected chi connectivity index (χ0v) is 17.9. The Morgan fingerprint density at radius 3 is 2.46 bits per heavy atom. The van der Waals surface area contributed by atoms with Crippen molar-refractivity contribution in [2.75, 3.05) is 18.5 Å². The maximum absolute atomic E-state index is 11.9. The highest BCUT2D eigenvalue weighted by Gasteiger charge is 2.24. The summed E-state index contributed by atoms with van der Waals surface area (Å²) < 4.78 is 10.4. The van der Waals surface area contributed by atoms with Crippen molar-refractivity contribution in [2.45, 2.75) is 65.0 Å². The van der Waals surface area contributed by atoms with E-state index in [0.29, 0.717) is 23.1 Å². The van der Waals surface area contributed by atoms with E-state index in [-0.39, 0.29) is 18.1 Å². The maximum atomic E-state index is 11.9. The van der Waals surface area contributed by atoms with Gasteiger partial charge in [-0.2, -0.15) is 0 Å². The molecule has 0 atom stereocenters. The van der Waals surface area contributed by atoms with Crippen LogP contribution in [-0.2, 0) is 9.47 Å². The Morgan fingerprint density at radius 1 is 1.18 bits per heavy atom. The fraction of sp³-hybridized carbons (Fsp3) is 0.619. The van der Waals surface area contributed by atoms with Crippen molar-refractivity contribution in [1.29, 1.82) is 0 Å². The lowest BCUT2D eigenvalue weighted by Crippen LogP contribution is -2.41. The second-order valence-corrected chi connectivity index (χ2v) is 8.57. The number of esters is 1. The van der Waals surface area contributed by atoms with E-state index in [1.807, 2.05) is 20.8 Å². The van der Waals surface area contributed by atoms with Crippen LogP contribution in [0.4, 0.5) is 10.5 Å². The lowest BCUT2D eigenvalue weighted by atomic mass is 9.86. The van der Waals surface area contributed by atoms with Gasteiger partial charge in [0.2, 0.25) is 0 Å².